The van der Waals surface area contributed by atoms with Crippen molar-refractivity contribution in [3.05, 3.63) is 23.8 Å². The number of amides is 1. The summed E-state index contributed by atoms with van der Waals surface area (Å²) in [5, 5.41) is 31.1. The van der Waals surface area contributed by atoms with Crippen LogP contribution in [0.1, 0.15) is 76.7 Å². The van der Waals surface area contributed by atoms with Gasteiger partial charge in [-0.25, -0.2) is 0 Å². The first-order chi connectivity index (χ1) is 12.5. The molecule has 146 valence electrons. The van der Waals surface area contributed by atoms with Gasteiger partial charge in [0.1, 0.15) is 5.75 Å². The highest BCUT2D eigenvalue weighted by atomic mass is 16.3. The number of benzene rings is 1. The number of phenols is 3. The van der Waals surface area contributed by atoms with Crippen LogP contribution in [0.5, 0.6) is 17.2 Å². The summed E-state index contributed by atoms with van der Waals surface area (Å²) < 4.78 is 0. The lowest BCUT2D eigenvalue weighted by Gasteiger charge is -2.04. The first-order valence-electron chi connectivity index (χ1n) is 9.75. The molecular formula is C21H33NO4. The third-order valence-electron chi connectivity index (χ3n) is 4.37. The SMILES string of the molecule is CCCCCCCCCCCCNC(=O)C=Cc1cc(O)c(O)cc1O. The molecule has 0 aliphatic carbocycles. The normalized spacial score (nSPS) is 11.1. The minimum atomic E-state index is -0.398. The molecular weight excluding hydrogens is 330 g/mol. The summed E-state index contributed by atoms with van der Waals surface area (Å²) >= 11 is 0. The van der Waals surface area contributed by atoms with Crippen molar-refractivity contribution in [3.8, 4) is 17.2 Å². The molecule has 0 aromatic heterocycles. The molecule has 1 rings (SSSR count). The summed E-state index contributed by atoms with van der Waals surface area (Å²) in [4.78, 5) is 11.7. The average molecular weight is 363 g/mol. The Morgan fingerprint density at radius 2 is 1.38 bits per heavy atom. The number of carbonyl (C=O) groups is 1. The molecule has 0 atom stereocenters. The highest BCUT2D eigenvalue weighted by molar-refractivity contribution is 5.92. The fraction of sp³-hybridized carbons (Fsp3) is 0.571. The molecule has 0 heterocycles. The van der Waals surface area contributed by atoms with E-state index in [1.807, 2.05) is 0 Å². The molecule has 5 heteroatoms. The summed E-state index contributed by atoms with van der Waals surface area (Å²) in [6.45, 7) is 2.86. The van der Waals surface area contributed by atoms with Crippen LogP contribution >= 0.6 is 0 Å². The lowest BCUT2D eigenvalue weighted by Crippen LogP contribution is -2.21. The van der Waals surface area contributed by atoms with Gasteiger partial charge in [-0.1, -0.05) is 64.7 Å². The molecule has 0 unspecified atom stereocenters. The Morgan fingerprint density at radius 1 is 0.846 bits per heavy atom. The smallest absolute Gasteiger partial charge is 0.244 e. The zero-order chi connectivity index (χ0) is 19.2. The predicted octanol–water partition coefficient (Wildman–Crippen LogP) is 4.85. The van der Waals surface area contributed by atoms with Crippen LogP contribution in [0, 0.1) is 0 Å². The van der Waals surface area contributed by atoms with E-state index in [9.17, 15) is 20.1 Å². The van der Waals surface area contributed by atoms with Gasteiger partial charge in [0.15, 0.2) is 11.5 Å². The largest absolute Gasteiger partial charge is 0.507 e. The van der Waals surface area contributed by atoms with Gasteiger partial charge < -0.3 is 20.6 Å². The van der Waals surface area contributed by atoms with Crippen molar-refractivity contribution in [2.24, 2.45) is 0 Å². The van der Waals surface area contributed by atoms with Crippen molar-refractivity contribution in [1.29, 1.82) is 0 Å². The second kappa shape index (κ2) is 13.1. The standard InChI is InChI=1S/C21H33NO4/c1-2-3-4-5-6-7-8-9-10-11-14-22-21(26)13-12-17-15-19(24)20(25)16-18(17)23/h12-13,15-16,23-25H,2-11,14H2,1H3,(H,22,26). The van der Waals surface area contributed by atoms with Crippen LogP contribution in [-0.2, 0) is 4.79 Å². The summed E-state index contributed by atoms with van der Waals surface area (Å²) in [7, 11) is 0. The highest BCUT2D eigenvalue weighted by Crippen LogP contribution is 2.32. The van der Waals surface area contributed by atoms with E-state index in [1.165, 1.54) is 69.6 Å². The molecule has 0 saturated heterocycles. The number of hydrogen-bond acceptors (Lipinski definition) is 4. The van der Waals surface area contributed by atoms with Crippen molar-refractivity contribution >= 4 is 12.0 Å². The summed E-state index contributed by atoms with van der Waals surface area (Å²) in [5.41, 5.74) is 0.273. The van der Waals surface area contributed by atoms with E-state index < -0.39 is 5.75 Å². The number of unbranched alkanes of at least 4 members (excludes halogenated alkanes) is 9. The fourth-order valence-corrected chi connectivity index (χ4v) is 2.76. The maximum atomic E-state index is 11.7. The average Bonchev–Trinajstić information content (AvgIpc) is 2.61. The molecule has 5 nitrogen and oxygen atoms in total. The van der Waals surface area contributed by atoms with Gasteiger partial charge in [-0.15, -0.1) is 0 Å². The monoisotopic (exact) mass is 363 g/mol. The molecule has 0 aliphatic rings. The van der Waals surface area contributed by atoms with E-state index >= 15 is 0 Å². The minimum Gasteiger partial charge on any atom is -0.507 e. The zero-order valence-electron chi connectivity index (χ0n) is 15.8. The van der Waals surface area contributed by atoms with Gasteiger partial charge in [-0.3, -0.25) is 4.79 Å². The van der Waals surface area contributed by atoms with Crippen molar-refractivity contribution in [2.45, 2.75) is 71.1 Å². The molecule has 26 heavy (non-hydrogen) atoms. The molecule has 0 aliphatic heterocycles. The van der Waals surface area contributed by atoms with E-state index in [2.05, 4.69) is 12.2 Å². The van der Waals surface area contributed by atoms with Crippen molar-refractivity contribution in [2.75, 3.05) is 6.54 Å². The maximum Gasteiger partial charge on any atom is 0.244 e. The summed E-state index contributed by atoms with van der Waals surface area (Å²) in [6, 6.07) is 2.24. The van der Waals surface area contributed by atoms with E-state index in [-0.39, 0.29) is 23.0 Å². The Hall–Kier alpha value is -2.17. The Morgan fingerprint density at radius 3 is 2.00 bits per heavy atom. The van der Waals surface area contributed by atoms with E-state index in [4.69, 9.17) is 0 Å². The van der Waals surface area contributed by atoms with Crippen LogP contribution in [-0.4, -0.2) is 27.8 Å². The number of aromatic hydroxyl groups is 3. The van der Waals surface area contributed by atoms with Crippen LogP contribution in [0.4, 0.5) is 0 Å². The highest BCUT2D eigenvalue weighted by Gasteiger charge is 2.05. The zero-order valence-corrected chi connectivity index (χ0v) is 15.8. The molecule has 4 N–H and O–H groups in total. The van der Waals surface area contributed by atoms with Gasteiger partial charge in [-0.05, 0) is 18.6 Å². The summed E-state index contributed by atoms with van der Waals surface area (Å²) in [6.07, 6.45) is 15.3. The lowest BCUT2D eigenvalue weighted by atomic mass is 10.1. The summed E-state index contributed by atoms with van der Waals surface area (Å²) in [5.74, 6) is -1.18. The maximum absolute atomic E-state index is 11.7. The fourth-order valence-electron chi connectivity index (χ4n) is 2.76. The Kier molecular flexibility index (Phi) is 11.0. The van der Waals surface area contributed by atoms with E-state index in [0.29, 0.717) is 6.54 Å². The van der Waals surface area contributed by atoms with Gasteiger partial charge in [0, 0.05) is 24.3 Å². The molecule has 0 bridgehead atoms. The van der Waals surface area contributed by atoms with Crippen LogP contribution < -0.4 is 5.32 Å². The third kappa shape index (κ3) is 9.35. The first-order valence-corrected chi connectivity index (χ1v) is 9.75. The third-order valence-corrected chi connectivity index (χ3v) is 4.37. The van der Waals surface area contributed by atoms with Crippen molar-refractivity contribution < 1.29 is 20.1 Å². The molecule has 1 amide bonds. The molecule has 0 spiro atoms. The molecule has 1 aromatic rings. The Balaban J connectivity index is 2.09. The van der Waals surface area contributed by atoms with Crippen molar-refractivity contribution in [1.82, 2.24) is 5.32 Å². The van der Waals surface area contributed by atoms with Gasteiger partial charge in [0.05, 0.1) is 0 Å². The van der Waals surface area contributed by atoms with E-state index in [1.54, 1.807) is 0 Å². The van der Waals surface area contributed by atoms with Gasteiger partial charge in [-0.2, -0.15) is 0 Å². The van der Waals surface area contributed by atoms with Gasteiger partial charge in [0.2, 0.25) is 5.91 Å². The number of rotatable bonds is 13. The number of carbonyl (C=O) groups excluding carboxylic acids is 1. The topological polar surface area (TPSA) is 89.8 Å². The second-order valence-electron chi connectivity index (χ2n) is 6.71. The molecule has 0 radical (unpaired) electrons. The predicted molar refractivity (Wildman–Crippen MR) is 105 cm³/mol. The minimum absolute atomic E-state index is 0.195. The van der Waals surface area contributed by atoms with Crippen LogP contribution in [0.25, 0.3) is 6.08 Å². The Labute approximate surface area is 156 Å². The van der Waals surface area contributed by atoms with Gasteiger partial charge >= 0.3 is 0 Å². The first kappa shape index (κ1) is 21.9. The lowest BCUT2D eigenvalue weighted by molar-refractivity contribution is -0.116. The van der Waals surface area contributed by atoms with E-state index in [0.717, 1.165) is 18.9 Å². The molecule has 1 aromatic carbocycles. The number of hydrogen-bond donors (Lipinski definition) is 4. The number of phenolic OH excluding ortho intramolecular Hbond substituents is 3. The van der Waals surface area contributed by atoms with Crippen LogP contribution in [0.3, 0.4) is 0 Å². The van der Waals surface area contributed by atoms with Crippen LogP contribution in [0.15, 0.2) is 18.2 Å². The molecule has 0 fully saturated rings. The Bertz CT molecular complexity index is 569. The van der Waals surface area contributed by atoms with Gasteiger partial charge in [0.25, 0.3) is 0 Å². The quantitative estimate of drug-likeness (QED) is 0.174. The van der Waals surface area contributed by atoms with Crippen LogP contribution in [0.2, 0.25) is 0 Å². The second-order valence-corrected chi connectivity index (χ2v) is 6.71. The van der Waals surface area contributed by atoms with Crippen molar-refractivity contribution in [3.63, 3.8) is 0 Å². The number of nitrogens with one attached hydrogen (secondary N) is 1. The molecule has 0 saturated carbocycles.